The van der Waals surface area contributed by atoms with E-state index in [4.69, 9.17) is 0 Å². The van der Waals surface area contributed by atoms with Gasteiger partial charge in [-0.2, -0.15) is 0 Å². The number of nitrogens with zero attached hydrogens (tertiary/aromatic N) is 2. The number of carbonyl (C=O) groups excluding carboxylic acids is 3. The van der Waals surface area contributed by atoms with E-state index in [1.807, 2.05) is 36.1 Å². The molecule has 1 N–H and O–H groups in total. The van der Waals surface area contributed by atoms with Crippen LogP contribution in [0.2, 0.25) is 0 Å². The summed E-state index contributed by atoms with van der Waals surface area (Å²) in [5.74, 6) is -0.476. The minimum absolute atomic E-state index is 0.119. The minimum atomic E-state index is -1.13. The molecule has 29 heavy (non-hydrogen) atoms. The van der Waals surface area contributed by atoms with Gasteiger partial charge < -0.3 is 10.2 Å². The number of nitrogens with one attached hydrogen (secondary N) is 1. The number of hydrogen-bond donors (Lipinski definition) is 1. The zero-order chi connectivity index (χ0) is 20.6. The van der Waals surface area contributed by atoms with Gasteiger partial charge in [0.25, 0.3) is 5.91 Å². The number of imide groups is 1. The fraction of sp³-hybridized carbons (Fsp3) is 0.609. The summed E-state index contributed by atoms with van der Waals surface area (Å²) in [4.78, 5) is 41.7. The van der Waals surface area contributed by atoms with Crippen LogP contribution in [0.15, 0.2) is 24.3 Å². The molecule has 1 atom stereocenters. The van der Waals surface area contributed by atoms with Gasteiger partial charge in [-0.25, -0.2) is 4.79 Å². The summed E-state index contributed by atoms with van der Waals surface area (Å²) in [6.45, 7) is 5.00. The van der Waals surface area contributed by atoms with E-state index in [-0.39, 0.29) is 23.8 Å². The van der Waals surface area contributed by atoms with Crippen LogP contribution in [0.3, 0.4) is 0 Å². The lowest BCUT2D eigenvalue weighted by Crippen LogP contribution is -2.51. The highest BCUT2D eigenvalue weighted by Crippen LogP contribution is 2.43. The molecular formula is C23H31N3O3. The number of amides is 4. The van der Waals surface area contributed by atoms with Crippen LogP contribution >= 0.6 is 0 Å². The maximum atomic E-state index is 13.1. The van der Waals surface area contributed by atoms with Crippen LogP contribution in [0, 0.1) is 12.3 Å². The van der Waals surface area contributed by atoms with Crippen LogP contribution in [0.25, 0.3) is 0 Å². The van der Waals surface area contributed by atoms with Crippen molar-refractivity contribution in [1.82, 2.24) is 15.1 Å². The Balaban J connectivity index is 1.46. The van der Waals surface area contributed by atoms with Gasteiger partial charge in [-0.15, -0.1) is 0 Å². The lowest BCUT2D eigenvalue weighted by molar-refractivity contribution is -0.141. The largest absolute Gasteiger partial charge is 0.341 e. The molecule has 156 valence electrons. The molecule has 1 unspecified atom stereocenters. The normalized spacial score (nSPS) is 26.7. The zero-order valence-corrected chi connectivity index (χ0v) is 17.5. The Kier molecular flexibility index (Phi) is 5.13. The average Bonchev–Trinajstić information content (AvgIpc) is 2.93. The maximum absolute atomic E-state index is 13.1. The van der Waals surface area contributed by atoms with Crippen LogP contribution in [0.5, 0.6) is 0 Å². The molecular weight excluding hydrogens is 366 g/mol. The number of benzene rings is 1. The van der Waals surface area contributed by atoms with Crippen molar-refractivity contribution in [2.24, 2.45) is 5.41 Å². The van der Waals surface area contributed by atoms with E-state index >= 15 is 0 Å². The maximum Gasteiger partial charge on any atom is 0.325 e. The van der Waals surface area contributed by atoms with E-state index in [1.54, 1.807) is 6.92 Å². The molecule has 1 aromatic rings. The van der Waals surface area contributed by atoms with Crippen LogP contribution in [0.4, 0.5) is 4.79 Å². The molecule has 1 saturated carbocycles. The van der Waals surface area contributed by atoms with Gasteiger partial charge in [0.15, 0.2) is 0 Å². The predicted molar refractivity (Wildman–Crippen MR) is 110 cm³/mol. The first-order chi connectivity index (χ1) is 13.8. The molecule has 0 bridgehead atoms. The lowest BCUT2D eigenvalue weighted by Gasteiger charge is -2.45. The van der Waals surface area contributed by atoms with Gasteiger partial charge in [0.2, 0.25) is 5.91 Å². The van der Waals surface area contributed by atoms with Crippen LogP contribution in [-0.4, -0.2) is 47.3 Å². The second kappa shape index (κ2) is 7.47. The fourth-order valence-corrected chi connectivity index (χ4v) is 5.29. The highest BCUT2D eigenvalue weighted by atomic mass is 16.2. The minimum Gasteiger partial charge on any atom is -0.341 e. The molecule has 2 saturated heterocycles. The Bertz CT molecular complexity index is 808. The van der Waals surface area contributed by atoms with E-state index in [9.17, 15) is 14.4 Å². The first-order valence-electron chi connectivity index (χ1n) is 10.8. The van der Waals surface area contributed by atoms with Crippen molar-refractivity contribution in [2.45, 2.75) is 64.3 Å². The van der Waals surface area contributed by atoms with Gasteiger partial charge in [0, 0.05) is 13.1 Å². The summed E-state index contributed by atoms with van der Waals surface area (Å²) in [7, 11) is 0. The fourth-order valence-electron chi connectivity index (χ4n) is 5.29. The third-order valence-corrected chi connectivity index (χ3v) is 7.13. The Morgan fingerprint density at radius 3 is 2.38 bits per heavy atom. The van der Waals surface area contributed by atoms with E-state index in [0.29, 0.717) is 0 Å². The summed E-state index contributed by atoms with van der Waals surface area (Å²) in [6, 6.07) is 7.07. The van der Waals surface area contributed by atoms with E-state index in [1.165, 1.54) is 38.5 Å². The summed E-state index contributed by atoms with van der Waals surface area (Å²) in [5, 5.41) is 2.80. The van der Waals surface area contributed by atoms with Crippen molar-refractivity contribution in [3.63, 3.8) is 0 Å². The van der Waals surface area contributed by atoms with Gasteiger partial charge in [-0.05, 0) is 50.5 Å². The quantitative estimate of drug-likeness (QED) is 0.796. The standard InChI is InChI=1S/C23H31N3O3/c1-17-7-9-18(10-8-17)22(2)20(28)26(21(29)24-22)15-19(27)25-14-6-13-23(16-25)11-4-3-5-12-23/h7-10H,3-6,11-16H2,1-2H3,(H,24,29). The molecule has 6 nitrogen and oxygen atoms in total. The van der Waals surface area contributed by atoms with Crippen molar-refractivity contribution in [2.75, 3.05) is 19.6 Å². The number of aryl methyl sites for hydroxylation is 1. The lowest BCUT2D eigenvalue weighted by atomic mass is 9.69. The van der Waals surface area contributed by atoms with E-state index in [0.717, 1.165) is 35.5 Å². The van der Waals surface area contributed by atoms with Crippen LogP contribution in [0.1, 0.15) is 63.0 Å². The van der Waals surface area contributed by atoms with E-state index < -0.39 is 11.6 Å². The van der Waals surface area contributed by atoms with Crippen LogP contribution in [-0.2, 0) is 15.1 Å². The molecule has 3 aliphatic rings. The molecule has 6 heteroatoms. The highest BCUT2D eigenvalue weighted by molar-refractivity contribution is 6.09. The molecule has 0 aromatic heterocycles. The Morgan fingerprint density at radius 2 is 1.69 bits per heavy atom. The molecule has 1 aromatic carbocycles. The van der Waals surface area contributed by atoms with Crippen molar-refractivity contribution in [3.8, 4) is 0 Å². The SMILES string of the molecule is Cc1ccc(C2(C)NC(=O)N(CC(=O)N3CCCC4(CCCCC4)C3)C2=O)cc1. The van der Waals surface area contributed by atoms with E-state index in [2.05, 4.69) is 5.32 Å². The van der Waals surface area contributed by atoms with Gasteiger partial charge >= 0.3 is 6.03 Å². The highest BCUT2D eigenvalue weighted by Gasteiger charge is 2.50. The third-order valence-electron chi connectivity index (χ3n) is 7.13. The molecule has 2 heterocycles. The first-order valence-corrected chi connectivity index (χ1v) is 10.8. The second-order valence-electron chi connectivity index (χ2n) is 9.29. The van der Waals surface area contributed by atoms with Crippen molar-refractivity contribution in [3.05, 3.63) is 35.4 Å². The topological polar surface area (TPSA) is 69.7 Å². The molecule has 4 amide bonds. The second-order valence-corrected chi connectivity index (χ2v) is 9.29. The summed E-state index contributed by atoms with van der Waals surface area (Å²) in [5.41, 5.74) is 0.940. The Morgan fingerprint density at radius 1 is 1.03 bits per heavy atom. The number of urea groups is 1. The van der Waals surface area contributed by atoms with Gasteiger partial charge in [0.05, 0.1) is 0 Å². The molecule has 1 spiro atoms. The predicted octanol–water partition coefficient (Wildman–Crippen LogP) is 3.33. The van der Waals surface area contributed by atoms with Gasteiger partial charge in [0.1, 0.15) is 12.1 Å². The smallest absolute Gasteiger partial charge is 0.325 e. The van der Waals surface area contributed by atoms with Crippen LogP contribution < -0.4 is 5.32 Å². The van der Waals surface area contributed by atoms with Gasteiger partial charge in [-0.3, -0.25) is 14.5 Å². The van der Waals surface area contributed by atoms with Crippen molar-refractivity contribution in [1.29, 1.82) is 0 Å². The zero-order valence-electron chi connectivity index (χ0n) is 17.5. The molecule has 1 aliphatic carbocycles. The van der Waals surface area contributed by atoms with Gasteiger partial charge in [-0.1, -0.05) is 49.1 Å². The molecule has 0 radical (unpaired) electrons. The Hall–Kier alpha value is -2.37. The van der Waals surface area contributed by atoms with Crippen molar-refractivity contribution >= 4 is 17.8 Å². The summed E-state index contributed by atoms with van der Waals surface area (Å²) in [6.07, 6.45) is 8.33. The Labute approximate surface area is 172 Å². The number of carbonyl (C=O) groups is 3. The number of piperidine rings is 1. The van der Waals surface area contributed by atoms with Crippen molar-refractivity contribution < 1.29 is 14.4 Å². The monoisotopic (exact) mass is 397 g/mol. The average molecular weight is 398 g/mol. The molecule has 3 fully saturated rings. The third kappa shape index (κ3) is 3.65. The molecule has 2 aliphatic heterocycles. The summed E-state index contributed by atoms with van der Waals surface area (Å²) < 4.78 is 0. The number of hydrogen-bond acceptors (Lipinski definition) is 3. The molecule has 4 rings (SSSR count). The first kappa shape index (κ1) is 19.9. The number of rotatable bonds is 3. The summed E-state index contributed by atoms with van der Waals surface area (Å²) >= 11 is 0. The number of likely N-dealkylation sites (tertiary alicyclic amines) is 1.